The number of carboxylic acid groups (broad SMARTS) is 3. The van der Waals surface area contributed by atoms with Crippen LogP contribution in [0.1, 0.15) is 12.8 Å². The summed E-state index contributed by atoms with van der Waals surface area (Å²) in [5.74, 6) is -5.98. The van der Waals surface area contributed by atoms with Crippen molar-refractivity contribution in [3.05, 3.63) is 0 Å². The summed E-state index contributed by atoms with van der Waals surface area (Å²) in [4.78, 5) is 30.0. The molecule has 0 aliphatic heterocycles. The molecule has 0 unspecified atom stereocenters. The quantitative estimate of drug-likeness (QED) is 0.490. The van der Waals surface area contributed by atoms with Crippen molar-refractivity contribution in [1.29, 1.82) is 0 Å². The molecule has 74 valence electrons. The number of hydrogen-bond donors (Lipinski definition) is 1. The normalized spacial score (nSPS) is 8.81. The summed E-state index contributed by atoms with van der Waals surface area (Å²) < 4.78 is 0. The Kier molecular flexibility index (Phi) is 20.5. The van der Waals surface area contributed by atoms with E-state index < -0.39 is 36.4 Å². The molecule has 10 heteroatoms. The van der Waals surface area contributed by atoms with Gasteiger partial charge in [-0.15, -0.1) is 0 Å². The van der Waals surface area contributed by atoms with E-state index in [-0.39, 0.29) is 122 Å². The molecule has 0 amide bonds. The second-order valence-corrected chi connectivity index (χ2v) is 2.42. The van der Waals surface area contributed by atoms with Crippen molar-refractivity contribution in [3.8, 4) is 0 Å². The molecule has 0 fully saturated rings. The number of carbonyl (C=O) groups excluding carboxylic acids is 3. The third-order valence-electron chi connectivity index (χ3n) is 1.25. The van der Waals surface area contributed by atoms with E-state index in [0.717, 1.165) is 0 Å². The molecule has 0 aromatic rings. The van der Waals surface area contributed by atoms with Gasteiger partial charge < -0.3 is 34.8 Å². The van der Waals surface area contributed by atoms with Crippen LogP contribution in [0, 0.1) is 0 Å². The van der Waals surface area contributed by atoms with Gasteiger partial charge in [0.05, 0.1) is 5.97 Å². The number of aliphatic hydroxyl groups is 1. The third kappa shape index (κ3) is 11.3. The molecule has 1 N–H and O–H groups in total. The van der Waals surface area contributed by atoms with Crippen LogP contribution < -0.4 is 137 Å². The minimum atomic E-state index is -2.97. The van der Waals surface area contributed by atoms with Gasteiger partial charge in [-0.2, -0.15) is 0 Å². The first-order valence-corrected chi connectivity index (χ1v) is 3.11. The first kappa shape index (κ1) is 26.7. The van der Waals surface area contributed by atoms with Crippen LogP contribution in [-0.4, -0.2) is 28.6 Å². The average molecular weight is 274 g/mol. The van der Waals surface area contributed by atoms with E-state index in [1.807, 2.05) is 0 Å². The first-order chi connectivity index (χ1) is 5.78. The SMILES string of the molecule is O=C([O-])CC(O)(CC(=O)[O-])C(=O)[O-].[K+].[K+].[Li+]. The molecule has 0 aromatic carbocycles. The maximum absolute atomic E-state index is 10.1. The number of hydrogen-bond acceptors (Lipinski definition) is 7. The molecule has 0 saturated heterocycles. The summed E-state index contributed by atoms with van der Waals surface area (Å²) in [7, 11) is 0. The smallest absolute Gasteiger partial charge is 0.550 e. The Morgan fingerprint density at radius 1 is 0.938 bits per heavy atom. The van der Waals surface area contributed by atoms with Crippen LogP contribution in [0.15, 0.2) is 0 Å². The van der Waals surface area contributed by atoms with Crippen molar-refractivity contribution in [2.24, 2.45) is 0 Å². The predicted octanol–water partition coefficient (Wildman–Crippen LogP) is -14.2. The van der Waals surface area contributed by atoms with Gasteiger partial charge in [0.2, 0.25) is 0 Å². The van der Waals surface area contributed by atoms with Crippen LogP contribution in [-0.2, 0) is 14.4 Å². The van der Waals surface area contributed by atoms with Crippen molar-refractivity contribution in [1.82, 2.24) is 0 Å². The molecule has 7 nitrogen and oxygen atoms in total. The minimum Gasteiger partial charge on any atom is -0.550 e. The average Bonchev–Trinajstić information content (AvgIpc) is 1.82. The van der Waals surface area contributed by atoms with Gasteiger partial charge in [0.15, 0.2) is 0 Å². The molecule has 0 rings (SSSR count). The minimum absolute atomic E-state index is 0. The molecule has 0 radical (unpaired) electrons. The van der Waals surface area contributed by atoms with Crippen molar-refractivity contribution in [3.63, 3.8) is 0 Å². The molecule has 16 heavy (non-hydrogen) atoms. The van der Waals surface area contributed by atoms with Crippen LogP contribution in [0.3, 0.4) is 0 Å². The van der Waals surface area contributed by atoms with Gasteiger partial charge >= 0.3 is 122 Å². The summed E-state index contributed by atoms with van der Waals surface area (Å²) in [5, 5.41) is 38.9. The zero-order valence-electron chi connectivity index (χ0n) is 9.31. The first-order valence-electron chi connectivity index (χ1n) is 3.11. The standard InChI is InChI=1S/C6H8O7.2K.Li/c7-3(8)1-6(13,5(11)12)2-4(9)10;;;/h13H,1-2H2,(H,7,8)(H,9,10)(H,11,12);;;/q;3*+1/p-3. The van der Waals surface area contributed by atoms with Crippen molar-refractivity contribution < 1.29 is 156 Å². The molecular formula is C6H5K2LiO7. The number of aliphatic carboxylic acids is 3. The van der Waals surface area contributed by atoms with Crippen molar-refractivity contribution in [2.75, 3.05) is 0 Å². The summed E-state index contributed by atoms with van der Waals surface area (Å²) >= 11 is 0. The molecule has 0 spiro atoms. The Morgan fingerprint density at radius 3 is 1.31 bits per heavy atom. The molecule has 0 aliphatic rings. The van der Waals surface area contributed by atoms with Crippen molar-refractivity contribution >= 4 is 17.9 Å². The number of carboxylic acids is 3. The Hall–Kier alpha value is 2.24. The molecule has 0 atom stereocenters. The zero-order valence-corrected chi connectivity index (χ0v) is 15.6. The van der Waals surface area contributed by atoms with Gasteiger partial charge in [-0.3, -0.25) is 0 Å². The van der Waals surface area contributed by atoms with Crippen LogP contribution in [0.25, 0.3) is 0 Å². The molecule has 0 heterocycles. The van der Waals surface area contributed by atoms with Crippen LogP contribution in [0.5, 0.6) is 0 Å². The fourth-order valence-corrected chi connectivity index (χ4v) is 0.684. The summed E-state index contributed by atoms with van der Waals surface area (Å²) in [6.45, 7) is 0. The Bertz CT molecular complexity index is 241. The van der Waals surface area contributed by atoms with Crippen LogP contribution >= 0.6 is 0 Å². The van der Waals surface area contributed by atoms with Gasteiger partial charge in [-0.25, -0.2) is 0 Å². The van der Waals surface area contributed by atoms with E-state index >= 15 is 0 Å². The van der Waals surface area contributed by atoms with E-state index in [9.17, 15) is 29.7 Å². The van der Waals surface area contributed by atoms with Gasteiger partial charge in [-0.05, 0) is 0 Å². The van der Waals surface area contributed by atoms with Gasteiger partial charge in [0, 0.05) is 24.8 Å². The maximum atomic E-state index is 10.1. The Balaban J connectivity index is -0.000000240. The van der Waals surface area contributed by atoms with E-state index in [2.05, 4.69) is 0 Å². The Morgan fingerprint density at radius 2 is 1.19 bits per heavy atom. The van der Waals surface area contributed by atoms with Crippen LogP contribution in [0.4, 0.5) is 0 Å². The van der Waals surface area contributed by atoms with E-state index in [1.54, 1.807) is 0 Å². The van der Waals surface area contributed by atoms with Gasteiger partial charge in [0.25, 0.3) is 0 Å². The van der Waals surface area contributed by atoms with E-state index in [1.165, 1.54) is 0 Å². The van der Waals surface area contributed by atoms with Gasteiger partial charge in [-0.1, -0.05) is 0 Å². The molecular weight excluding hydrogens is 269 g/mol. The largest absolute Gasteiger partial charge is 1.00 e. The van der Waals surface area contributed by atoms with Gasteiger partial charge in [0.1, 0.15) is 5.60 Å². The fraction of sp³-hybridized carbons (Fsp3) is 0.500. The van der Waals surface area contributed by atoms with Crippen LogP contribution in [0.2, 0.25) is 0 Å². The van der Waals surface area contributed by atoms with E-state index in [0.29, 0.717) is 0 Å². The summed E-state index contributed by atoms with van der Waals surface area (Å²) in [6, 6.07) is 0. The molecule has 0 aliphatic carbocycles. The number of rotatable bonds is 5. The molecule has 0 saturated carbocycles. The van der Waals surface area contributed by atoms with E-state index in [4.69, 9.17) is 5.11 Å². The topological polar surface area (TPSA) is 141 Å². The zero-order chi connectivity index (χ0) is 10.6. The molecule has 0 aromatic heterocycles. The van der Waals surface area contributed by atoms with Crippen molar-refractivity contribution in [2.45, 2.75) is 18.4 Å². The summed E-state index contributed by atoms with van der Waals surface area (Å²) in [5.41, 5.74) is -2.97. The summed E-state index contributed by atoms with van der Waals surface area (Å²) in [6.07, 6.45) is -2.72. The predicted molar refractivity (Wildman–Crippen MR) is 29.2 cm³/mol. The monoisotopic (exact) mass is 274 g/mol. The fourth-order valence-electron chi connectivity index (χ4n) is 0.684. The Labute approximate surface area is 188 Å². The number of carbonyl (C=O) groups is 3. The molecule has 0 bridgehead atoms. The second-order valence-electron chi connectivity index (χ2n) is 2.42. The second kappa shape index (κ2) is 12.3. The maximum Gasteiger partial charge on any atom is 1.00 e. The third-order valence-corrected chi connectivity index (χ3v) is 1.25.